The highest BCUT2D eigenvalue weighted by atomic mass is 32.1. The molecule has 9 heteroatoms. The fourth-order valence-corrected chi connectivity index (χ4v) is 5.16. The van der Waals surface area contributed by atoms with Crippen molar-refractivity contribution < 1.29 is 4.39 Å². The molecule has 1 aromatic carbocycles. The van der Waals surface area contributed by atoms with Crippen LogP contribution in [0.5, 0.6) is 0 Å². The molecule has 1 aliphatic rings. The molecule has 1 fully saturated rings. The van der Waals surface area contributed by atoms with Crippen molar-refractivity contribution in [2.75, 3.05) is 36.0 Å². The highest BCUT2D eigenvalue weighted by molar-refractivity contribution is 7.20. The SMILES string of the molecule is Cc1csc(N2CCCN(c3nn4cc(-c5ccc(F)cc5)nc4s3)CC2)n1. The molecule has 28 heavy (non-hydrogen) atoms. The van der Waals surface area contributed by atoms with Crippen molar-refractivity contribution in [1.29, 1.82) is 0 Å². The average Bonchev–Trinajstić information content (AvgIpc) is 3.33. The first-order valence-electron chi connectivity index (χ1n) is 9.20. The Kier molecular flexibility index (Phi) is 4.48. The van der Waals surface area contributed by atoms with Crippen LogP contribution in [-0.2, 0) is 0 Å². The van der Waals surface area contributed by atoms with Gasteiger partial charge in [0.1, 0.15) is 5.82 Å². The number of benzene rings is 1. The van der Waals surface area contributed by atoms with Crippen LogP contribution >= 0.6 is 22.7 Å². The largest absolute Gasteiger partial charge is 0.346 e. The van der Waals surface area contributed by atoms with Gasteiger partial charge in [-0.05, 0) is 37.6 Å². The first-order chi connectivity index (χ1) is 13.7. The van der Waals surface area contributed by atoms with Crippen molar-refractivity contribution in [2.24, 2.45) is 0 Å². The molecule has 0 bridgehead atoms. The van der Waals surface area contributed by atoms with Crippen LogP contribution in [-0.4, -0.2) is 45.8 Å². The number of anilines is 2. The quantitative estimate of drug-likeness (QED) is 0.506. The highest BCUT2D eigenvalue weighted by Gasteiger charge is 2.20. The Morgan fingerprint density at radius 3 is 2.39 bits per heavy atom. The van der Waals surface area contributed by atoms with Gasteiger partial charge < -0.3 is 9.80 Å². The van der Waals surface area contributed by atoms with E-state index in [4.69, 9.17) is 5.10 Å². The summed E-state index contributed by atoms with van der Waals surface area (Å²) in [6.45, 7) is 5.88. The maximum absolute atomic E-state index is 13.1. The molecule has 0 N–H and O–H groups in total. The van der Waals surface area contributed by atoms with Gasteiger partial charge in [-0.3, -0.25) is 0 Å². The topological polar surface area (TPSA) is 49.6 Å². The second-order valence-electron chi connectivity index (χ2n) is 6.84. The fourth-order valence-electron chi connectivity index (χ4n) is 3.36. The van der Waals surface area contributed by atoms with Crippen LogP contribution in [0.15, 0.2) is 35.8 Å². The van der Waals surface area contributed by atoms with Crippen molar-refractivity contribution >= 4 is 37.9 Å². The molecular formula is C19H19FN6S2. The zero-order valence-corrected chi connectivity index (χ0v) is 17.0. The van der Waals surface area contributed by atoms with Crippen LogP contribution in [0.4, 0.5) is 14.7 Å². The standard InChI is InChI=1S/C19H19FN6S2/c1-13-12-27-17(21-13)24-7-2-8-25(10-9-24)19-23-26-11-16(22-18(26)28-19)14-3-5-15(20)6-4-14/h3-6,11-12H,2,7-10H2,1H3. The molecule has 6 nitrogen and oxygen atoms in total. The summed E-state index contributed by atoms with van der Waals surface area (Å²) in [7, 11) is 0. The van der Waals surface area contributed by atoms with Crippen LogP contribution in [0.1, 0.15) is 12.1 Å². The lowest BCUT2D eigenvalue weighted by molar-refractivity contribution is 0.628. The molecule has 0 radical (unpaired) electrons. The Hall–Kier alpha value is -2.52. The lowest BCUT2D eigenvalue weighted by Gasteiger charge is -2.20. The number of rotatable bonds is 3. The van der Waals surface area contributed by atoms with Gasteiger partial charge >= 0.3 is 0 Å². The minimum absolute atomic E-state index is 0.242. The zero-order valence-electron chi connectivity index (χ0n) is 15.4. The molecule has 0 saturated carbocycles. The van der Waals surface area contributed by atoms with Gasteiger partial charge in [-0.1, -0.05) is 11.3 Å². The molecule has 0 spiro atoms. The number of hydrogen-bond acceptors (Lipinski definition) is 7. The van der Waals surface area contributed by atoms with E-state index < -0.39 is 0 Å². The number of aromatic nitrogens is 4. The van der Waals surface area contributed by atoms with Crippen LogP contribution in [0, 0.1) is 12.7 Å². The minimum atomic E-state index is -0.242. The number of imidazole rings is 1. The van der Waals surface area contributed by atoms with E-state index in [2.05, 4.69) is 25.1 Å². The van der Waals surface area contributed by atoms with E-state index in [1.165, 1.54) is 12.1 Å². The van der Waals surface area contributed by atoms with Crippen molar-refractivity contribution in [1.82, 2.24) is 19.6 Å². The van der Waals surface area contributed by atoms with Gasteiger partial charge in [-0.15, -0.1) is 16.4 Å². The Morgan fingerprint density at radius 2 is 1.71 bits per heavy atom. The molecule has 0 amide bonds. The molecular weight excluding hydrogens is 395 g/mol. The van der Waals surface area contributed by atoms with Crippen LogP contribution < -0.4 is 9.80 Å². The minimum Gasteiger partial charge on any atom is -0.346 e. The predicted molar refractivity (Wildman–Crippen MR) is 112 cm³/mol. The summed E-state index contributed by atoms with van der Waals surface area (Å²) in [6, 6.07) is 6.39. The summed E-state index contributed by atoms with van der Waals surface area (Å²) in [5.41, 5.74) is 2.79. The maximum atomic E-state index is 13.1. The first-order valence-corrected chi connectivity index (χ1v) is 10.9. The summed E-state index contributed by atoms with van der Waals surface area (Å²) < 4.78 is 15.0. The lowest BCUT2D eigenvalue weighted by atomic mass is 10.2. The molecule has 0 atom stereocenters. The van der Waals surface area contributed by atoms with Crippen LogP contribution in [0.3, 0.4) is 0 Å². The van der Waals surface area contributed by atoms with E-state index in [-0.39, 0.29) is 5.82 Å². The third kappa shape index (κ3) is 3.35. The number of nitrogens with zero attached hydrogens (tertiary/aromatic N) is 6. The number of halogens is 1. The van der Waals surface area contributed by atoms with Gasteiger partial charge in [0.25, 0.3) is 0 Å². The van der Waals surface area contributed by atoms with Gasteiger partial charge in [-0.25, -0.2) is 18.9 Å². The first kappa shape index (κ1) is 17.6. The highest BCUT2D eigenvalue weighted by Crippen LogP contribution is 2.28. The second-order valence-corrected chi connectivity index (χ2v) is 8.61. The monoisotopic (exact) mass is 414 g/mol. The van der Waals surface area contributed by atoms with E-state index in [1.54, 1.807) is 34.8 Å². The van der Waals surface area contributed by atoms with E-state index in [1.807, 2.05) is 17.6 Å². The van der Waals surface area contributed by atoms with Gasteiger partial charge in [0.05, 0.1) is 17.6 Å². The van der Waals surface area contributed by atoms with Crippen molar-refractivity contribution in [2.45, 2.75) is 13.3 Å². The van der Waals surface area contributed by atoms with Crippen molar-refractivity contribution in [3.63, 3.8) is 0 Å². The van der Waals surface area contributed by atoms with Crippen molar-refractivity contribution in [3.8, 4) is 11.3 Å². The smallest absolute Gasteiger partial charge is 0.214 e. The normalized spacial score (nSPS) is 15.4. The lowest BCUT2D eigenvalue weighted by Crippen LogP contribution is -2.30. The maximum Gasteiger partial charge on any atom is 0.214 e. The van der Waals surface area contributed by atoms with E-state index >= 15 is 0 Å². The predicted octanol–water partition coefficient (Wildman–Crippen LogP) is 4.08. The van der Waals surface area contributed by atoms with Crippen LogP contribution in [0.2, 0.25) is 0 Å². The number of aryl methyl sites for hydroxylation is 1. The molecule has 1 aliphatic heterocycles. The summed E-state index contributed by atoms with van der Waals surface area (Å²) in [6.07, 6.45) is 2.98. The average molecular weight is 415 g/mol. The Balaban J connectivity index is 1.33. The van der Waals surface area contributed by atoms with E-state index in [0.717, 1.165) is 64.8 Å². The Morgan fingerprint density at radius 1 is 0.964 bits per heavy atom. The molecule has 5 rings (SSSR count). The number of hydrogen-bond donors (Lipinski definition) is 0. The third-order valence-electron chi connectivity index (χ3n) is 4.82. The van der Waals surface area contributed by atoms with Crippen molar-refractivity contribution in [3.05, 3.63) is 47.4 Å². The van der Waals surface area contributed by atoms with Gasteiger partial charge in [0, 0.05) is 37.1 Å². The molecule has 4 aromatic rings. The molecule has 3 aromatic heterocycles. The van der Waals surface area contributed by atoms with E-state index in [9.17, 15) is 4.39 Å². The zero-order chi connectivity index (χ0) is 19.1. The number of thiazole rings is 1. The van der Waals surface area contributed by atoms with Gasteiger partial charge in [0.15, 0.2) is 5.13 Å². The second kappa shape index (κ2) is 7.14. The number of fused-ring (bicyclic) bond motifs is 1. The van der Waals surface area contributed by atoms with Crippen LogP contribution in [0.25, 0.3) is 16.2 Å². The molecule has 4 heterocycles. The summed E-state index contributed by atoms with van der Waals surface area (Å²) in [4.78, 5) is 14.8. The van der Waals surface area contributed by atoms with E-state index in [0.29, 0.717) is 0 Å². The fraction of sp³-hybridized carbons (Fsp3) is 0.316. The Bertz CT molecular complexity index is 1070. The third-order valence-corrected chi connectivity index (χ3v) is 6.82. The summed E-state index contributed by atoms with van der Waals surface area (Å²) >= 11 is 3.31. The molecule has 0 aliphatic carbocycles. The van der Waals surface area contributed by atoms with Gasteiger partial charge in [-0.2, -0.15) is 0 Å². The Labute approximate surface area is 169 Å². The molecule has 0 unspecified atom stereocenters. The molecule has 1 saturated heterocycles. The summed E-state index contributed by atoms with van der Waals surface area (Å²) in [5, 5.41) is 8.94. The summed E-state index contributed by atoms with van der Waals surface area (Å²) in [5.74, 6) is -0.242. The van der Waals surface area contributed by atoms with Gasteiger partial charge in [0.2, 0.25) is 10.1 Å². The molecule has 144 valence electrons.